The van der Waals surface area contributed by atoms with Crippen molar-refractivity contribution in [3.63, 3.8) is 0 Å². The molecule has 1 aromatic rings. The molecule has 0 radical (unpaired) electrons. The van der Waals surface area contributed by atoms with Crippen molar-refractivity contribution in [3.8, 4) is 0 Å². The van der Waals surface area contributed by atoms with E-state index < -0.39 is 11.4 Å². The van der Waals surface area contributed by atoms with Gasteiger partial charge in [0.2, 0.25) is 0 Å². The maximum atomic E-state index is 11.9. The average molecular weight is 241 g/mol. The number of nitrogens with zero attached hydrogens (tertiary/aromatic N) is 1. The van der Waals surface area contributed by atoms with E-state index in [2.05, 4.69) is 4.37 Å². The summed E-state index contributed by atoms with van der Waals surface area (Å²) >= 11 is 1.04. The number of ether oxygens (including phenoxy) is 1. The highest BCUT2D eigenvalue weighted by atomic mass is 32.1. The van der Waals surface area contributed by atoms with Gasteiger partial charge in [0.05, 0.1) is 11.5 Å². The smallest absolute Gasteiger partial charge is 0.358 e. The molecule has 5 heteroatoms. The minimum absolute atomic E-state index is 0.0134. The quantitative estimate of drug-likeness (QED) is 0.602. The van der Waals surface area contributed by atoms with E-state index >= 15 is 0 Å². The molecule has 0 fully saturated rings. The molecule has 0 unspecified atom stereocenters. The third-order valence-corrected chi connectivity index (χ3v) is 2.69. The molecule has 1 rings (SSSR count). The number of hydrogen-bond acceptors (Lipinski definition) is 5. The molecule has 0 aliphatic carbocycles. The summed E-state index contributed by atoms with van der Waals surface area (Å²) in [6.07, 6.45) is 0. The molecule has 88 valence electrons. The van der Waals surface area contributed by atoms with Gasteiger partial charge >= 0.3 is 5.97 Å². The molecular weight excluding hydrogens is 226 g/mol. The Labute approximate surface area is 98.8 Å². The zero-order chi connectivity index (χ0) is 12.3. The third kappa shape index (κ3) is 2.88. The Morgan fingerprint density at radius 1 is 1.44 bits per heavy atom. The van der Waals surface area contributed by atoms with Crippen molar-refractivity contribution >= 4 is 23.3 Å². The van der Waals surface area contributed by atoms with Gasteiger partial charge in [0.15, 0.2) is 11.5 Å². The van der Waals surface area contributed by atoms with Crippen LogP contribution < -0.4 is 0 Å². The molecule has 0 atom stereocenters. The lowest BCUT2D eigenvalue weighted by molar-refractivity contribution is 0.0521. The molecule has 0 spiro atoms. The van der Waals surface area contributed by atoms with E-state index in [0.717, 1.165) is 11.5 Å². The van der Waals surface area contributed by atoms with Crippen molar-refractivity contribution in [1.82, 2.24) is 4.37 Å². The summed E-state index contributed by atoms with van der Waals surface area (Å²) in [4.78, 5) is 23.7. The van der Waals surface area contributed by atoms with Gasteiger partial charge in [0.1, 0.15) is 0 Å². The Hall–Kier alpha value is -1.23. The lowest BCUT2D eigenvalue weighted by Gasteiger charge is -2.14. The van der Waals surface area contributed by atoms with Crippen LogP contribution in [0.3, 0.4) is 0 Å². The summed E-state index contributed by atoms with van der Waals surface area (Å²) in [5, 5.41) is 0. The highest BCUT2D eigenvalue weighted by Crippen LogP contribution is 2.23. The maximum absolute atomic E-state index is 11.9. The summed E-state index contributed by atoms with van der Waals surface area (Å²) in [6.45, 7) is 7.53. The van der Waals surface area contributed by atoms with E-state index in [1.165, 1.54) is 6.07 Å². The predicted molar refractivity (Wildman–Crippen MR) is 61.9 cm³/mol. The number of ketones is 1. The summed E-state index contributed by atoms with van der Waals surface area (Å²) in [5.41, 5.74) is -0.252. The number of esters is 1. The fraction of sp³-hybridized carbons (Fsp3) is 0.545. The zero-order valence-electron chi connectivity index (χ0n) is 9.86. The van der Waals surface area contributed by atoms with Crippen LogP contribution in [0.15, 0.2) is 6.07 Å². The van der Waals surface area contributed by atoms with Gasteiger partial charge in [-0.25, -0.2) is 4.79 Å². The van der Waals surface area contributed by atoms with Gasteiger partial charge in [0, 0.05) is 5.41 Å². The van der Waals surface area contributed by atoms with Crippen molar-refractivity contribution in [2.24, 2.45) is 5.41 Å². The van der Waals surface area contributed by atoms with Crippen LogP contribution in [-0.4, -0.2) is 22.7 Å². The van der Waals surface area contributed by atoms with E-state index in [0.29, 0.717) is 11.5 Å². The predicted octanol–water partition coefficient (Wildman–Crippen LogP) is 2.55. The van der Waals surface area contributed by atoms with Crippen molar-refractivity contribution in [3.05, 3.63) is 16.6 Å². The molecule has 0 aliphatic rings. The number of carbonyl (C=O) groups is 2. The first-order valence-electron chi connectivity index (χ1n) is 5.05. The molecule has 0 saturated carbocycles. The van der Waals surface area contributed by atoms with Gasteiger partial charge in [-0.05, 0) is 24.5 Å². The molecule has 1 heterocycles. The molecule has 0 aliphatic heterocycles. The van der Waals surface area contributed by atoms with Crippen LogP contribution in [0.1, 0.15) is 47.9 Å². The summed E-state index contributed by atoms with van der Waals surface area (Å²) < 4.78 is 8.72. The fourth-order valence-corrected chi connectivity index (χ4v) is 1.93. The Morgan fingerprint density at radius 3 is 2.56 bits per heavy atom. The van der Waals surface area contributed by atoms with Crippen molar-refractivity contribution < 1.29 is 14.3 Å². The maximum Gasteiger partial charge on any atom is 0.358 e. The number of aromatic nitrogens is 1. The first-order valence-corrected chi connectivity index (χ1v) is 5.82. The molecule has 0 amide bonds. The van der Waals surface area contributed by atoms with Crippen LogP contribution in [0.5, 0.6) is 0 Å². The van der Waals surface area contributed by atoms with Gasteiger partial charge in [-0.2, -0.15) is 4.37 Å². The third-order valence-electron chi connectivity index (χ3n) is 1.90. The largest absolute Gasteiger partial charge is 0.461 e. The highest BCUT2D eigenvalue weighted by Gasteiger charge is 2.26. The lowest BCUT2D eigenvalue weighted by Crippen LogP contribution is -2.19. The second-order valence-corrected chi connectivity index (χ2v) is 5.18. The molecule has 16 heavy (non-hydrogen) atoms. The fourth-order valence-electron chi connectivity index (χ4n) is 1.05. The van der Waals surface area contributed by atoms with Crippen LogP contribution in [0, 0.1) is 5.41 Å². The van der Waals surface area contributed by atoms with E-state index in [4.69, 9.17) is 4.74 Å². The normalized spacial score (nSPS) is 11.2. The minimum atomic E-state index is -0.480. The SMILES string of the molecule is CCOC(=O)c1cc(C(=O)C(C)(C)C)sn1. The van der Waals surface area contributed by atoms with Gasteiger partial charge in [-0.1, -0.05) is 20.8 Å². The van der Waals surface area contributed by atoms with Crippen LogP contribution in [0.4, 0.5) is 0 Å². The van der Waals surface area contributed by atoms with Gasteiger partial charge in [0.25, 0.3) is 0 Å². The monoisotopic (exact) mass is 241 g/mol. The molecule has 4 nitrogen and oxygen atoms in total. The number of Topliss-reactive ketones (excluding diaryl/α,β-unsaturated/α-hetero) is 1. The molecule has 0 bridgehead atoms. The Balaban J connectivity index is 2.87. The van der Waals surface area contributed by atoms with Crippen LogP contribution in [-0.2, 0) is 4.74 Å². The van der Waals surface area contributed by atoms with Gasteiger partial charge in [-0.3, -0.25) is 4.79 Å². The van der Waals surface area contributed by atoms with Gasteiger partial charge in [-0.15, -0.1) is 0 Å². The van der Waals surface area contributed by atoms with Crippen LogP contribution in [0.25, 0.3) is 0 Å². The molecule has 1 aromatic heterocycles. The Bertz CT molecular complexity index is 404. The molecule has 0 saturated heterocycles. The zero-order valence-corrected chi connectivity index (χ0v) is 10.7. The van der Waals surface area contributed by atoms with Crippen LogP contribution >= 0.6 is 11.5 Å². The topological polar surface area (TPSA) is 56.3 Å². The van der Waals surface area contributed by atoms with Gasteiger partial charge < -0.3 is 4.74 Å². The van der Waals surface area contributed by atoms with E-state index in [1.54, 1.807) is 6.92 Å². The van der Waals surface area contributed by atoms with Crippen LogP contribution in [0.2, 0.25) is 0 Å². The van der Waals surface area contributed by atoms with Crippen molar-refractivity contribution in [2.45, 2.75) is 27.7 Å². The second kappa shape index (κ2) is 4.74. The second-order valence-electron chi connectivity index (χ2n) is 4.38. The van der Waals surface area contributed by atoms with Crippen molar-refractivity contribution in [1.29, 1.82) is 0 Å². The van der Waals surface area contributed by atoms with E-state index in [9.17, 15) is 9.59 Å². The Kier molecular flexibility index (Phi) is 3.80. The summed E-state index contributed by atoms with van der Waals surface area (Å²) in [7, 11) is 0. The number of hydrogen-bond donors (Lipinski definition) is 0. The highest BCUT2D eigenvalue weighted by molar-refractivity contribution is 7.08. The first-order chi connectivity index (χ1) is 7.36. The number of rotatable bonds is 3. The first kappa shape index (κ1) is 12.8. The standard InChI is InChI=1S/C11H15NO3S/c1-5-15-10(14)7-6-8(16-12-7)9(13)11(2,3)4/h6H,5H2,1-4H3. The van der Waals surface area contributed by atoms with Crippen molar-refractivity contribution in [2.75, 3.05) is 6.61 Å². The summed E-state index contributed by atoms with van der Waals surface area (Å²) in [5.74, 6) is -0.493. The molecule has 0 N–H and O–H groups in total. The molecule has 0 aromatic carbocycles. The summed E-state index contributed by atoms with van der Waals surface area (Å²) in [6, 6.07) is 1.50. The number of carbonyl (C=O) groups excluding carboxylic acids is 2. The van der Waals surface area contributed by atoms with E-state index in [1.807, 2.05) is 20.8 Å². The average Bonchev–Trinajstić information content (AvgIpc) is 2.64. The Morgan fingerprint density at radius 2 is 2.06 bits per heavy atom. The minimum Gasteiger partial charge on any atom is -0.461 e. The lowest BCUT2D eigenvalue weighted by atomic mass is 9.90. The van der Waals surface area contributed by atoms with E-state index in [-0.39, 0.29) is 11.5 Å². The molecular formula is C11H15NO3S.